The highest BCUT2D eigenvalue weighted by Gasteiger charge is 2.62. The molecule has 1 aliphatic carbocycles. The highest BCUT2D eigenvalue weighted by molar-refractivity contribution is 6.00. The second kappa shape index (κ2) is 20.1. The average Bonchev–Trinajstić information content (AvgIpc) is 3.87. The first-order valence-electron chi connectivity index (χ1n) is 17.2. The van der Waals surface area contributed by atoms with Crippen molar-refractivity contribution >= 4 is 59.0 Å². The van der Waals surface area contributed by atoms with Gasteiger partial charge in [0.1, 0.15) is 29.5 Å². The fraction of sp³-hybridized carbons (Fsp3) is 0.400. The smallest absolute Gasteiger partial charge is 0.303 e. The summed E-state index contributed by atoms with van der Waals surface area (Å²) in [5.74, 6) is -11.5. The molecule has 2 aromatic rings. The standard InChI is InChI=1S/C35H40FN7O14/c36-20-3-1-2-18(14-20)15-25(40-27(45)17-38-32(53)24(9-12-29(48)49)39-26(44)10-13-30(50)51)33(54)42-35(34(55)41-23(31(37)52)8-11-28(46)47)16-22(35)19-4-6-21(7-5-19)43(56)57/h1-7,14,22-25H,8-13,15-17H2,(H2,37,52)(H,38,53)(H,39,44)(H,40,45)(H,41,55)(H,42,54)(H,46,47)(H,48,49)(H,50,51)/t22?,23-,24-,25-,35?/m0/s1. The van der Waals surface area contributed by atoms with Crippen molar-refractivity contribution < 1.29 is 67.8 Å². The summed E-state index contributed by atoms with van der Waals surface area (Å²) in [6.45, 7) is -0.846. The topological polar surface area (TPSA) is 344 Å². The van der Waals surface area contributed by atoms with Gasteiger partial charge in [-0.1, -0.05) is 24.3 Å². The van der Waals surface area contributed by atoms with Crippen molar-refractivity contribution in [1.29, 1.82) is 0 Å². The fourth-order valence-electron chi connectivity index (χ4n) is 5.76. The molecule has 1 saturated carbocycles. The summed E-state index contributed by atoms with van der Waals surface area (Å²) in [7, 11) is 0. The Labute approximate surface area is 322 Å². The number of nitrogens with two attached hydrogens (primary N) is 1. The van der Waals surface area contributed by atoms with E-state index >= 15 is 0 Å². The molecule has 57 heavy (non-hydrogen) atoms. The van der Waals surface area contributed by atoms with Crippen LogP contribution in [0, 0.1) is 15.9 Å². The molecular weight excluding hydrogens is 761 g/mol. The van der Waals surface area contributed by atoms with Crippen LogP contribution in [0.25, 0.3) is 0 Å². The zero-order valence-electron chi connectivity index (χ0n) is 30.0. The van der Waals surface area contributed by atoms with Gasteiger partial charge in [-0.2, -0.15) is 0 Å². The summed E-state index contributed by atoms with van der Waals surface area (Å²) >= 11 is 0. The van der Waals surface area contributed by atoms with E-state index in [9.17, 15) is 57.7 Å². The quantitative estimate of drug-likeness (QED) is 0.0480. The number of carbonyl (C=O) groups is 9. The van der Waals surface area contributed by atoms with E-state index in [0.29, 0.717) is 5.56 Å². The van der Waals surface area contributed by atoms with Crippen LogP contribution in [0.5, 0.6) is 0 Å². The van der Waals surface area contributed by atoms with Crippen LogP contribution in [0.2, 0.25) is 0 Å². The van der Waals surface area contributed by atoms with E-state index < -0.39 is 139 Å². The van der Waals surface area contributed by atoms with Gasteiger partial charge in [0.25, 0.3) is 5.69 Å². The van der Waals surface area contributed by atoms with E-state index in [1.165, 1.54) is 24.3 Å². The van der Waals surface area contributed by atoms with Crippen LogP contribution in [-0.4, -0.2) is 104 Å². The number of rotatable bonds is 23. The lowest BCUT2D eigenvalue weighted by molar-refractivity contribution is -0.384. The summed E-state index contributed by atoms with van der Waals surface area (Å²) in [6.07, 6.45) is -3.62. The first-order valence-corrected chi connectivity index (χ1v) is 17.2. The predicted octanol–water partition coefficient (Wildman–Crippen LogP) is -1.03. The number of nitro groups is 1. The number of aliphatic carboxylic acids is 3. The fourth-order valence-corrected chi connectivity index (χ4v) is 5.76. The third-order valence-corrected chi connectivity index (χ3v) is 8.78. The number of benzene rings is 2. The first kappa shape index (κ1) is 44.4. The van der Waals surface area contributed by atoms with Crippen molar-refractivity contribution in [1.82, 2.24) is 26.6 Å². The Morgan fingerprint density at radius 1 is 0.789 bits per heavy atom. The normalized spacial score (nSPS) is 17.0. The molecule has 5 atom stereocenters. The maximum absolute atomic E-state index is 14.2. The van der Waals surface area contributed by atoms with Crippen LogP contribution < -0.4 is 32.3 Å². The van der Waals surface area contributed by atoms with Crippen LogP contribution >= 0.6 is 0 Å². The van der Waals surface area contributed by atoms with E-state index in [1.807, 2.05) is 0 Å². The molecule has 306 valence electrons. The van der Waals surface area contributed by atoms with Crippen molar-refractivity contribution in [3.05, 3.63) is 75.6 Å². The molecule has 1 aliphatic rings. The van der Waals surface area contributed by atoms with E-state index in [0.717, 1.165) is 24.3 Å². The second-order valence-corrected chi connectivity index (χ2v) is 13.0. The minimum Gasteiger partial charge on any atom is -0.481 e. The lowest BCUT2D eigenvalue weighted by atomic mass is 10.0. The molecule has 0 aliphatic heterocycles. The SMILES string of the molecule is NC(=O)[C@H](CCC(=O)O)NC(=O)C1(NC(=O)[C@H](Cc2cccc(F)c2)NC(=O)CNC(=O)[C@H](CCC(=O)O)NC(=O)CCC(=O)O)CC1c1ccc([N+](=O)[O-])cc1. The molecule has 3 rings (SSSR count). The molecule has 0 spiro atoms. The Balaban J connectivity index is 1.87. The van der Waals surface area contributed by atoms with Gasteiger partial charge in [0.15, 0.2) is 0 Å². The molecule has 2 unspecified atom stereocenters. The number of nitro benzene ring substituents is 1. The number of carboxylic acid groups (broad SMARTS) is 3. The largest absolute Gasteiger partial charge is 0.481 e. The van der Waals surface area contributed by atoms with Gasteiger partial charge in [-0.05, 0) is 42.5 Å². The number of carbonyl (C=O) groups excluding carboxylic acids is 6. The van der Waals surface area contributed by atoms with Crippen molar-refractivity contribution in [3.63, 3.8) is 0 Å². The predicted molar refractivity (Wildman–Crippen MR) is 190 cm³/mol. The Bertz CT molecular complexity index is 1910. The van der Waals surface area contributed by atoms with Gasteiger partial charge in [0.05, 0.1) is 17.9 Å². The molecular formula is C35H40FN7O14. The Morgan fingerprint density at radius 3 is 1.95 bits per heavy atom. The van der Waals surface area contributed by atoms with Crippen LogP contribution in [0.3, 0.4) is 0 Å². The number of hydrogen-bond acceptors (Lipinski definition) is 11. The van der Waals surface area contributed by atoms with E-state index in [-0.39, 0.29) is 24.1 Å². The van der Waals surface area contributed by atoms with Crippen molar-refractivity contribution in [2.45, 2.75) is 80.9 Å². The van der Waals surface area contributed by atoms with Gasteiger partial charge >= 0.3 is 17.9 Å². The van der Waals surface area contributed by atoms with Gasteiger partial charge in [-0.15, -0.1) is 0 Å². The molecule has 0 radical (unpaired) electrons. The zero-order chi connectivity index (χ0) is 42.4. The third kappa shape index (κ3) is 13.7. The molecule has 1 fully saturated rings. The molecule has 0 heterocycles. The Kier molecular flexibility index (Phi) is 15.6. The van der Waals surface area contributed by atoms with Crippen LogP contribution in [0.4, 0.5) is 10.1 Å². The average molecular weight is 802 g/mol. The maximum Gasteiger partial charge on any atom is 0.303 e. The van der Waals surface area contributed by atoms with E-state index in [4.69, 9.17) is 21.1 Å². The summed E-state index contributed by atoms with van der Waals surface area (Å²) in [4.78, 5) is 122. The monoisotopic (exact) mass is 801 g/mol. The molecule has 22 heteroatoms. The minimum atomic E-state index is -1.88. The third-order valence-electron chi connectivity index (χ3n) is 8.78. The summed E-state index contributed by atoms with van der Waals surface area (Å²) < 4.78 is 14.2. The number of nitrogens with zero attached hydrogens (tertiary/aromatic N) is 1. The van der Waals surface area contributed by atoms with Gasteiger partial charge in [-0.3, -0.25) is 53.3 Å². The summed E-state index contributed by atoms with van der Waals surface area (Å²) in [5, 5.41) is 49.9. The molecule has 0 bridgehead atoms. The van der Waals surface area contributed by atoms with Crippen molar-refractivity contribution in [2.75, 3.05) is 6.54 Å². The van der Waals surface area contributed by atoms with Gasteiger partial charge in [-0.25, -0.2) is 4.39 Å². The number of amides is 6. The van der Waals surface area contributed by atoms with Gasteiger partial charge < -0.3 is 47.6 Å². The van der Waals surface area contributed by atoms with Crippen LogP contribution in [0.1, 0.15) is 62.0 Å². The van der Waals surface area contributed by atoms with Crippen LogP contribution in [-0.2, 0) is 49.6 Å². The number of hydrogen-bond donors (Lipinski definition) is 9. The van der Waals surface area contributed by atoms with Crippen LogP contribution in [0.15, 0.2) is 48.5 Å². The number of non-ortho nitro benzene ring substituents is 1. The lowest BCUT2D eigenvalue weighted by Gasteiger charge is -2.26. The highest BCUT2D eigenvalue weighted by atomic mass is 19.1. The molecule has 0 saturated heterocycles. The van der Waals surface area contributed by atoms with E-state index in [2.05, 4.69) is 26.6 Å². The Morgan fingerprint density at radius 2 is 1.39 bits per heavy atom. The Hall–Kier alpha value is -7.00. The number of carboxylic acids is 3. The lowest BCUT2D eigenvalue weighted by Crippen LogP contribution is -2.59. The van der Waals surface area contributed by atoms with E-state index in [1.54, 1.807) is 0 Å². The molecule has 0 aromatic heterocycles. The zero-order valence-corrected chi connectivity index (χ0v) is 30.0. The second-order valence-electron chi connectivity index (χ2n) is 13.0. The number of halogens is 1. The first-order chi connectivity index (χ1) is 26.8. The van der Waals surface area contributed by atoms with Gasteiger partial charge in [0, 0.05) is 43.7 Å². The van der Waals surface area contributed by atoms with Crippen molar-refractivity contribution in [2.24, 2.45) is 5.73 Å². The molecule has 10 N–H and O–H groups in total. The van der Waals surface area contributed by atoms with Gasteiger partial charge in [0.2, 0.25) is 35.4 Å². The molecule has 6 amide bonds. The minimum absolute atomic E-state index is 0.139. The molecule has 2 aromatic carbocycles. The number of nitrogens with one attached hydrogen (secondary N) is 5. The van der Waals surface area contributed by atoms with Crippen molar-refractivity contribution in [3.8, 4) is 0 Å². The summed E-state index contributed by atoms with van der Waals surface area (Å²) in [6, 6.07) is 5.36. The molecule has 21 nitrogen and oxygen atoms in total. The maximum atomic E-state index is 14.2. The highest BCUT2D eigenvalue weighted by Crippen LogP contribution is 2.52. The number of primary amides is 1. The summed E-state index contributed by atoms with van der Waals surface area (Å²) in [5.41, 5.74) is 3.79.